The maximum absolute atomic E-state index is 12.3. The first-order chi connectivity index (χ1) is 8.74. The molecule has 5 heteroatoms. The molecular weight excluding hydrogens is 264 g/mol. The molecule has 1 saturated heterocycles. The zero-order chi connectivity index (χ0) is 13.0. The van der Waals surface area contributed by atoms with Gasteiger partial charge in [0.1, 0.15) is 0 Å². The number of halogens is 1. The normalized spacial score (nSPS) is 20.5. The Morgan fingerprint density at radius 2 is 2.05 bits per heavy atom. The summed E-state index contributed by atoms with van der Waals surface area (Å²) in [6, 6.07) is 9.12. The highest BCUT2D eigenvalue weighted by Gasteiger charge is 2.30. The lowest BCUT2D eigenvalue weighted by atomic mass is 10.00. The van der Waals surface area contributed by atoms with Crippen LogP contribution in [0.1, 0.15) is 30.9 Å². The average molecular weight is 285 g/mol. The van der Waals surface area contributed by atoms with Gasteiger partial charge in [0.2, 0.25) is 0 Å². The van der Waals surface area contributed by atoms with Crippen molar-refractivity contribution in [2.75, 3.05) is 13.1 Å². The van der Waals surface area contributed by atoms with Crippen molar-refractivity contribution >= 4 is 18.3 Å². The fourth-order valence-corrected chi connectivity index (χ4v) is 2.47. The molecule has 2 atom stereocenters. The summed E-state index contributed by atoms with van der Waals surface area (Å²) in [5, 5.41) is 10.1. The Kier molecular flexibility index (Phi) is 6.28. The molecule has 1 fully saturated rings. The second kappa shape index (κ2) is 7.48. The number of amides is 1. The van der Waals surface area contributed by atoms with Gasteiger partial charge in [0.05, 0.1) is 0 Å². The van der Waals surface area contributed by atoms with E-state index in [4.69, 9.17) is 5.73 Å². The lowest BCUT2D eigenvalue weighted by molar-refractivity contribution is -0.144. The highest BCUT2D eigenvalue weighted by atomic mass is 35.5. The minimum atomic E-state index is -1.07. The number of nitrogens with two attached hydrogens (primary N) is 1. The lowest BCUT2D eigenvalue weighted by Gasteiger charge is -2.36. The number of aliphatic hydroxyl groups is 1. The minimum absolute atomic E-state index is 0. The van der Waals surface area contributed by atoms with Crippen LogP contribution in [0.2, 0.25) is 0 Å². The number of hydrogen-bond acceptors (Lipinski definition) is 3. The molecule has 1 amide bonds. The average Bonchev–Trinajstić information content (AvgIpc) is 2.46. The summed E-state index contributed by atoms with van der Waals surface area (Å²) in [5.41, 5.74) is 6.34. The molecule has 0 radical (unpaired) electrons. The monoisotopic (exact) mass is 284 g/mol. The van der Waals surface area contributed by atoms with Crippen LogP contribution in [0.5, 0.6) is 0 Å². The largest absolute Gasteiger partial charge is 0.378 e. The fourth-order valence-electron chi connectivity index (χ4n) is 2.47. The van der Waals surface area contributed by atoms with Gasteiger partial charge in [-0.15, -0.1) is 12.4 Å². The van der Waals surface area contributed by atoms with Crippen molar-refractivity contribution in [1.29, 1.82) is 0 Å². The number of hydrogen-bond donors (Lipinski definition) is 2. The van der Waals surface area contributed by atoms with E-state index in [1.165, 1.54) is 0 Å². The first-order valence-electron chi connectivity index (χ1n) is 6.47. The topological polar surface area (TPSA) is 66.6 Å². The van der Waals surface area contributed by atoms with Gasteiger partial charge in [-0.3, -0.25) is 4.79 Å². The molecule has 0 aromatic heterocycles. The number of aliphatic hydroxyl groups excluding tert-OH is 1. The van der Waals surface area contributed by atoms with Gasteiger partial charge in [-0.25, -0.2) is 0 Å². The van der Waals surface area contributed by atoms with Gasteiger partial charge in [-0.1, -0.05) is 30.3 Å². The first kappa shape index (κ1) is 16.0. The molecule has 1 aliphatic heterocycles. The minimum Gasteiger partial charge on any atom is -0.378 e. The molecule has 2 unspecified atom stereocenters. The molecule has 0 bridgehead atoms. The molecule has 4 nitrogen and oxygen atoms in total. The molecule has 1 aromatic rings. The summed E-state index contributed by atoms with van der Waals surface area (Å²) >= 11 is 0. The quantitative estimate of drug-likeness (QED) is 0.884. The molecule has 2 rings (SSSR count). The summed E-state index contributed by atoms with van der Waals surface area (Å²) in [6.45, 7) is 1.16. The van der Waals surface area contributed by atoms with E-state index in [1.54, 1.807) is 17.0 Å². The van der Waals surface area contributed by atoms with E-state index >= 15 is 0 Å². The third-order valence-corrected chi connectivity index (χ3v) is 3.53. The van der Waals surface area contributed by atoms with Gasteiger partial charge in [0.25, 0.3) is 5.91 Å². The highest BCUT2D eigenvalue weighted by Crippen LogP contribution is 2.22. The Morgan fingerprint density at radius 3 is 2.68 bits per heavy atom. The molecule has 1 heterocycles. The van der Waals surface area contributed by atoms with Gasteiger partial charge in [0, 0.05) is 19.1 Å². The number of carbonyl (C=O) groups excluding carboxylic acids is 1. The van der Waals surface area contributed by atoms with Gasteiger partial charge in [0.15, 0.2) is 6.10 Å². The predicted octanol–water partition coefficient (Wildman–Crippen LogP) is 1.48. The van der Waals surface area contributed by atoms with E-state index in [-0.39, 0.29) is 24.4 Å². The Labute approximate surface area is 120 Å². The number of rotatable bonds is 3. The summed E-state index contributed by atoms with van der Waals surface area (Å²) in [5.74, 6) is -0.226. The van der Waals surface area contributed by atoms with Crippen LogP contribution >= 0.6 is 12.4 Å². The Morgan fingerprint density at radius 1 is 1.37 bits per heavy atom. The third kappa shape index (κ3) is 3.69. The first-order valence-corrected chi connectivity index (χ1v) is 6.47. The predicted molar refractivity (Wildman–Crippen MR) is 77.1 cm³/mol. The molecular formula is C14H21ClN2O2. The molecule has 19 heavy (non-hydrogen) atoms. The summed E-state index contributed by atoms with van der Waals surface area (Å²) in [6.07, 6.45) is 1.96. The molecule has 1 aliphatic rings. The number of piperidine rings is 1. The van der Waals surface area contributed by atoms with Crippen LogP contribution in [-0.4, -0.2) is 35.0 Å². The van der Waals surface area contributed by atoms with E-state index in [9.17, 15) is 9.90 Å². The van der Waals surface area contributed by atoms with Gasteiger partial charge in [-0.2, -0.15) is 0 Å². The lowest BCUT2D eigenvalue weighted by Crippen LogP contribution is -2.49. The van der Waals surface area contributed by atoms with E-state index in [2.05, 4.69) is 0 Å². The van der Waals surface area contributed by atoms with Crippen molar-refractivity contribution in [3.05, 3.63) is 35.9 Å². The van der Waals surface area contributed by atoms with Crippen molar-refractivity contribution < 1.29 is 9.90 Å². The summed E-state index contributed by atoms with van der Waals surface area (Å²) in [4.78, 5) is 14.0. The van der Waals surface area contributed by atoms with Crippen LogP contribution in [-0.2, 0) is 4.79 Å². The van der Waals surface area contributed by atoms with Crippen molar-refractivity contribution in [2.45, 2.75) is 31.4 Å². The Hall–Kier alpha value is -1.10. The maximum atomic E-state index is 12.3. The highest BCUT2D eigenvalue weighted by molar-refractivity contribution is 5.85. The Balaban J connectivity index is 0.00000180. The Bertz CT molecular complexity index is 400. The summed E-state index contributed by atoms with van der Waals surface area (Å²) < 4.78 is 0. The molecule has 3 N–H and O–H groups in total. The second-order valence-corrected chi connectivity index (χ2v) is 4.73. The van der Waals surface area contributed by atoms with Crippen LogP contribution in [0.25, 0.3) is 0 Å². The van der Waals surface area contributed by atoms with Gasteiger partial charge < -0.3 is 15.7 Å². The smallest absolute Gasteiger partial charge is 0.256 e. The van der Waals surface area contributed by atoms with E-state index in [0.717, 1.165) is 19.3 Å². The number of nitrogens with zero attached hydrogens (tertiary/aromatic N) is 1. The van der Waals surface area contributed by atoms with E-state index in [0.29, 0.717) is 18.7 Å². The van der Waals surface area contributed by atoms with Crippen LogP contribution in [0, 0.1) is 0 Å². The van der Waals surface area contributed by atoms with Crippen molar-refractivity contribution in [1.82, 2.24) is 4.90 Å². The molecule has 0 aliphatic carbocycles. The SMILES string of the molecule is Cl.NCC1CCCCN1C(=O)C(O)c1ccccc1. The zero-order valence-corrected chi connectivity index (χ0v) is 11.7. The number of carbonyl (C=O) groups is 1. The zero-order valence-electron chi connectivity index (χ0n) is 10.9. The van der Waals surface area contributed by atoms with Crippen LogP contribution in [0.3, 0.4) is 0 Å². The fraction of sp³-hybridized carbons (Fsp3) is 0.500. The van der Waals surface area contributed by atoms with Crippen LogP contribution in [0.4, 0.5) is 0 Å². The maximum Gasteiger partial charge on any atom is 0.256 e. The van der Waals surface area contributed by atoms with Gasteiger partial charge >= 0.3 is 0 Å². The van der Waals surface area contributed by atoms with Crippen LogP contribution < -0.4 is 5.73 Å². The summed E-state index contributed by atoms with van der Waals surface area (Å²) in [7, 11) is 0. The molecule has 106 valence electrons. The van der Waals surface area contributed by atoms with Gasteiger partial charge in [-0.05, 0) is 24.8 Å². The molecule has 1 aromatic carbocycles. The molecule has 0 saturated carbocycles. The number of benzene rings is 1. The second-order valence-electron chi connectivity index (χ2n) is 4.73. The van der Waals surface area contributed by atoms with Crippen molar-refractivity contribution in [3.8, 4) is 0 Å². The standard InChI is InChI=1S/C14H20N2O2.ClH/c15-10-12-8-4-5-9-16(12)14(18)13(17)11-6-2-1-3-7-11;/h1-3,6-7,12-13,17H,4-5,8-10,15H2;1H. The molecule has 0 spiro atoms. The van der Waals surface area contributed by atoms with E-state index in [1.807, 2.05) is 18.2 Å². The van der Waals surface area contributed by atoms with E-state index < -0.39 is 6.10 Å². The third-order valence-electron chi connectivity index (χ3n) is 3.53. The number of likely N-dealkylation sites (tertiary alicyclic amines) is 1. The van der Waals surface area contributed by atoms with Crippen molar-refractivity contribution in [2.24, 2.45) is 5.73 Å². The van der Waals surface area contributed by atoms with Crippen molar-refractivity contribution in [3.63, 3.8) is 0 Å². The van der Waals surface area contributed by atoms with Crippen LogP contribution in [0.15, 0.2) is 30.3 Å².